The fraction of sp³-hybridized carbons (Fsp3) is 0.250. The van der Waals surface area contributed by atoms with Gasteiger partial charge in [0.05, 0.1) is 22.8 Å². The van der Waals surface area contributed by atoms with E-state index in [1.807, 2.05) is 0 Å². The van der Waals surface area contributed by atoms with Crippen molar-refractivity contribution >= 4 is 39.1 Å². The Morgan fingerprint density at radius 2 is 1.80 bits per heavy atom. The standard InChI is InChI=1S/C20H22N4O5S/c1-13-11-18(25)22-16-5-3-4-6-17(16)24(13)19(26)12-23(2)30(28,29)15-9-7-14(8-10-15)20(21)27/h3-10,13H,11-12H2,1-2H3,(H2,21,27)(H,22,25). The number of carbonyl (C=O) groups is 3. The lowest BCUT2D eigenvalue weighted by atomic mass is 10.1. The van der Waals surface area contributed by atoms with Gasteiger partial charge >= 0.3 is 0 Å². The highest BCUT2D eigenvalue weighted by Gasteiger charge is 2.32. The largest absolute Gasteiger partial charge is 0.366 e. The molecule has 0 aliphatic carbocycles. The Labute approximate surface area is 174 Å². The zero-order valence-electron chi connectivity index (χ0n) is 16.5. The summed E-state index contributed by atoms with van der Waals surface area (Å²) in [7, 11) is -2.68. The van der Waals surface area contributed by atoms with E-state index in [1.54, 1.807) is 31.2 Å². The van der Waals surface area contributed by atoms with Gasteiger partial charge in [0.15, 0.2) is 0 Å². The number of nitrogens with one attached hydrogen (secondary N) is 1. The van der Waals surface area contributed by atoms with Crippen LogP contribution in [0.1, 0.15) is 23.7 Å². The van der Waals surface area contributed by atoms with E-state index in [4.69, 9.17) is 5.73 Å². The first-order valence-electron chi connectivity index (χ1n) is 9.18. The SMILES string of the molecule is CC1CC(=O)Nc2ccccc2N1C(=O)CN(C)S(=O)(=O)c1ccc(C(N)=O)cc1. The van der Waals surface area contributed by atoms with E-state index < -0.39 is 34.4 Å². The van der Waals surface area contributed by atoms with Crippen LogP contribution in [0.2, 0.25) is 0 Å². The molecular formula is C20H22N4O5S. The first-order valence-corrected chi connectivity index (χ1v) is 10.6. The highest BCUT2D eigenvalue weighted by atomic mass is 32.2. The maximum Gasteiger partial charge on any atom is 0.248 e. The van der Waals surface area contributed by atoms with Crippen LogP contribution < -0.4 is 16.0 Å². The zero-order valence-corrected chi connectivity index (χ0v) is 17.3. The molecule has 3 N–H and O–H groups in total. The maximum atomic E-state index is 13.1. The minimum absolute atomic E-state index is 0.0658. The molecule has 2 aromatic rings. The van der Waals surface area contributed by atoms with E-state index in [0.717, 1.165) is 4.31 Å². The molecule has 0 spiro atoms. The summed E-state index contributed by atoms with van der Waals surface area (Å²) in [5, 5.41) is 2.76. The number of fused-ring (bicyclic) bond motifs is 1. The van der Waals surface area contributed by atoms with Crippen molar-refractivity contribution in [2.75, 3.05) is 23.8 Å². The first-order chi connectivity index (χ1) is 14.1. The fourth-order valence-corrected chi connectivity index (χ4v) is 4.41. The van der Waals surface area contributed by atoms with Crippen LogP contribution in [-0.4, -0.2) is 50.1 Å². The molecule has 1 aliphatic rings. The molecule has 1 heterocycles. The second-order valence-corrected chi connectivity index (χ2v) is 9.08. The second kappa shape index (κ2) is 8.25. The molecule has 0 aromatic heterocycles. The summed E-state index contributed by atoms with van der Waals surface area (Å²) >= 11 is 0. The van der Waals surface area contributed by atoms with Crippen molar-refractivity contribution in [2.45, 2.75) is 24.3 Å². The average molecular weight is 430 g/mol. The molecule has 158 valence electrons. The Morgan fingerprint density at radius 1 is 1.17 bits per heavy atom. The smallest absolute Gasteiger partial charge is 0.248 e. The molecule has 3 amide bonds. The van der Waals surface area contributed by atoms with Gasteiger partial charge in [-0.25, -0.2) is 8.42 Å². The van der Waals surface area contributed by atoms with Crippen LogP contribution in [0.4, 0.5) is 11.4 Å². The lowest BCUT2D eigenvalue weighted by molar-refractivity contribution is -0.119. The van der Waals surface area contributed by atoms with Gasteiger partial charge in [-0.2, -0.15) is 4.31 Å². The van der Waals surface area contributed by atoms with Gasteiger partial charge in [0, 0.05) is 25.1 Å². The topological polar surface area (TPSA) is 130 Å². The lowest BCUT2D eigenvalue weighted by Gasteiger charge is -2.29. The number of hydrogen-bond acceptors (Lipinski definition) is 5. The number of rotatable bonds is 5. The maximum absolute atomic E-state index is 13.1. The van der Waals surface area contributed by atoms with Gasteiger partial charge in [-0.1, -0.05) is 12.1 Å². The van der Waals surface area contributed by atoms with Gasteiger partial charge in [0.25, 0.3) is 0 Å². The van der Waals surface area contributed by atoms with Crippen molar-refractivity contribution in [3.05, 3.63) is 54.1 Å². The Kier molecular flexibility index (Phi) is 5.90. The summed E-state index contributed by atoms with van der Waals surface area (Å²) in [6, 6.07) is 11.6. The number of amides is 3. The number of nitrogens with two attached hydrogens (primary N) is 1. The van der Waals surface area contributed by atoms with Crippen molar-refractivity contribution in [1.29, 1.82) is 0 Å². The normalized spacial score (nSPS) is 16.6. The highest BCUT2D eigenvalue weighted by Crippen LogP contribution is 2.31. The van der Waals surface area contributed by atoms with E-state index >= 15 is 0 Å². The van der Waals surface area contributed by atoms with E-state index in [0.29, 0.717) is 11.4 Å². The highest BCUT2D eigenvalue weighted by molar-refractivity contribution is 7.89. The van der Waals surface area contributed by atoms with Crippen molar-refractivity contribution in [3.63, 3.8) is 0 Å². The molecule has 1 atom stereocenters. The van der Waals surface area contributed by atoms with Crippen LogP contribution in [-0.2, 0) is 19.6 Å². The third-order valence-corrected chi connectivity index (χ3v) is 6.65. The van der Waals surface area contributed by atoms with Gasteiger partial charge in [-0.3, -0.25) is 14.4 Å². The predicted octanol–water partition coefficient (Wildman–Crippen LogP) is 1.17. The number of para-hydroxylation sites is 2. The molecule has 1 aliphatic heterocycles. The zero-order chi connectivity index (χ0) is 22.1. The molecule has 0 fully saturated rings. The molecule has 0 bridgehead atoms. The van der Waals surface area contributed by atoms with Crippen LogP contribution in [0.5, 0.6) is 0 Å². The molecule has 30 heavy (non-hydrogen) atoms. The van der Waals surface area contributed by atoms with Crippen LogP contribution >= 0.6 is 0 Å². The van der Waals surface area contributed by atoms with Crippen LogP contribution in [0, 0.1) is 0 Å². The Morgan fingerprint density at radius 3 is 2.43 bits per heavy atom. The quantitative estimate of drug-likeness (QED) is 0.735. The Balaban J connectivity index is 1.85. The summed E-state index contributed by atoms with van der Waals surface area (Å²) in [6.07, 6.45) is 0.0888. The Hall–Kier alpha value is -3.24. The van der Waals surface area contributed by atoms with E-state index in [-0.39, 0.29) is 22.8 Å². The number of sulfonamides is 1. The van der Waals surface area contributed by atoms with Crippen LogP contribution in [0.3, 0.4) is 0 Å². The van der Waals surface area contributed by atoms with Gasteiger partial charge in [-0.05, 0) is 43.3 Å². The molecule has 9 nitrogen and oxygen atoms in total. The molecule has 2 aromatic carbocycles. The summed E-state index contributed by atoms with van der Waals surface area (Å²) < 4.78 is 26.6. The number of hydrogen-bond donors (Lipinski definition) is 2. The summed E-state index contributed by atoms with van der Waals surface area (Å²) in [6.45, 7) is 1.31. The monoisotopic (exact) mass is 430 g/mol. The lowest BCUT2D eigenvalue weighted by Crippen LogP contribution is -2.45. The van der Waals surface area contributed by atoms with Gasteiger partial charge in [0.1, 0.15) is 0 Å². The van der Waals surface area contributed by atoms with Gasteiger partial charge < -0.3 is 16.0 Å². The first kappa shape index (κ1) is 21.5. The molecule has 0 saturated carbocycles. The average Bonchev–Trinajstić information content (AvgIpc) is 2.81. The number of benzene rings is 2. The number of primary amides is 1. The summed E-state index contributed by atoms with van der Waals surface area (Å²) in [4.78, 5) is 37.7. The number of likely N-dealkylation sites (N-methyl/N-ethyl adjacent to an activating group) is 1. The molecule has 0 radical (unpaired) electrons. The number of nitrogens with zero attached hydrogens (tertiary/aromatic N) is 2. The molecular weight excluding hydrogens is 408 g/mol. The minimum Gasteiger partial charge on any atom is -0.366 e. The summed E-state index contributed by atoms with van der Waals surface area (Å²) in [5.41, 5.74) is 6.36. The van der Waals surface area contributed by atoms with E-state index in [2.05, 4.69) is 5.32 Å². The minimum atomic E-state index is -3.98. The molecule has 0 saturated heterocycles. The van der Waals surface area contributed by atoms with Crippen molar-refractivity contribution in [2.24, 2.45) is 5.73 Å². The predicted molar refractivity (Wildman–Crippen MR) is 111 cm³/mol. The molecule has 10 heteroatoms. The fourth-order valence-electron chi connectivity index (χ4n) is 3.29. The van der Waals surface area contributed by atoms with Crippen LogP contribution in [0.15, 0.2) is 53.4 Å². The van der Waals surface area contributed by atoms with Crippen molar-refractivity contribution in [3.8, 4) is 0 Å². The second-order valence-electron chi connectivity index (χ2n) is 7.03. The third kappa shape index (κ3) is 4.19. The van der Waals surface area contributed by atoms with Gasteiger partial charge in [0.2, 0.25) is 27.7 Å². The number of anilines is 2. The van der Waals surface area contributed by atoms with Gasteiger partial charge in [-0.15, -0.1) is 0 Å². The molecule has 3 rings (SSSR count). The van der Waals surface area contributed by atoms with E-state index in [9.17, 15) is 22.8 Å². The Bertz CT molecular complexity index is 1100. The van der Waals surface area contributed by atoms with Crippen molar-refractivity contribution in [1.82, 2.24) is 4.31 Å². The number of carbonyl (C=O) groups excluding carboxylic acids is 3. The molecule has 1 unspecified atom stereocenters. The summed E-state index contributed by atoms with van der Waals surface area (Å²) in [5.74, 6) is -1.36. The van der Waals surface area contributed by atoms with Crippen molar-refractivity contribution < 1.29 is 22.8 Å². The van der Waals surface area contributed by atoms with E-state index in [1.165, 1.54) is 36.2 Å². The third-order valence-electron chi connectivity index (χ3n) is 4.83. The van der Waals surface area contributed by atoms with Crippen LogP contribution in [0.25, 0.3) is 0 Å².